The van der Waals surface area contributed by atoms with E-state index in [1.54, 1.807) is 0 Å². The quantitative estimate of drug-likeness (QED) is 0.404. The first-order valence-corrected chi connectivity index (χ1v) is 0. The predicted molar refractivity (Wildman–Crippen MR) is 35.8 cm³/mol. The van der Waals surface area contributed by atoms with Gasteiger partial charge in [-0.2, -0.15) is 19.8 Å². The molecule has 58 valence electrons. The molecule has 2 unspecified atom stereocenters. The van der Waals surface area contributed by atoms with Crippen molar-refractivity contribution in [2.24, 2.45) is 0 Å². The maximum atomic E-state index is 0. The van der Waals surface area contributed by atoms with Crippen molar-refractivity contribution in [2.75, 3.05) is 0 Å². The Morgan fingerprint density at radius 2 is 0.444 bits per heavy atom. The topological polar surface area (TPSA) is 85.5 Å². The fourth-order valence-electron chi connectivity index (χ4n) is 0. The monoisotopic (exact) mass is 288 g/mol. The Kier molecular flexibility index (Phi) is 2540. The minimum absolute atomic E-state index is 0. The summed E-state index contributed by atoms with van der Waals surface area (Å²) >= 11 is 0. The van der Waals surface area contributed by atoms with Gasteiger partial charge in [-0.15, -0.1) is 0 Å². The van der Waals surface area contributed by atoms with Gasteiger partial charge in [0.2, 0.25) is 0 Å². The molecule has 0 rings (SSSR count). The van der Waals surface area contributed by atoms with Crippen molar-refractivity contribution in [1.82, 2.24) is 0 Å². The molecule has 3 nitrogen and oxygen atoms in total. The van der Waals surface area contributed by atoms with Crippen LogP contribution in [0.3, 0.4) is 0 Å². The second-order valence-electron chi connectivity index (χ2n) is 0. The van der Waals surface area contributed by atoms with E-state index in [-0.39, 0.29) is 105 Å². The van der Waals surface area contributed by atoms with Crippen LogP contribution in [0.25, 0.3) is 0 Å². The summed E-state index contributed by atoms with van der Waals surface area (Å²) in [6.45, 7) is 0. The van der Waals surface area contributed by atoms with E-state index in [1.807, 2.05) is 0 Å². The van der Waals surface area contributed by atoms with E-state index in [0.29, 0.717) is 0 Å². The standard InChI is InChI=1S/2Al.2Co.3O.2H3P/h;;;;;;;2*1H3/q2*+3;;;3*-2;;. The fraction of sp³-hybridized carbons (Fsp3) is 0. The van der Waals surface area contributed by atoms with Crippen molar-refractivity contribution >= 4 is 54.5 Å². The number of hydrogen-bond acceptors (Lipinski definition) is 0. The third-order valence-corrected chi connectivity index (χ3v) is 0. The third kappa shape index (κ3) is 106. The first-order chi connectivity index (χ1) is 0. The Labute approximate surface area is 104 Å². The van der Waals surface area contributed by atoms with E-state index in [1.165, 1.54) is 0 Å². The van der Waals surface area contributed by atoms with Crippen molar-refractivity contribution in [3.8, 4) is 0 Å². The molecule has 9 heavy (non-hydrogen) atoms. The smallest absolute Gasteiger partial charge is 2.00 e. The average molecular weight is 288 g/mol. The van der Waals surface area contributed by atoms with E-state index in [0.717, 1.165) is 0 Å². The van der Waals surface area contributed by atoms with Crippen LogP contribution in [0, 0.1) is 0 Å². The summed E-state index contributed by atoms with van der Waals surface area (Å²) in [5.41, 5.74) is 0. The summed E-state index contributed by atoms with van der Waals surface area (Å²) in [6, 6.07) is 0. The second kappa shape index (κ2) is 131. The van der Waals surface area contributed by atoms with E-state index >= 15 is 0 Å². The normalized spacial score (nSPS) is 0. The molecule has 0 aromatic carbocycles. The molecule has 0 aromatic heterocycles. The molecule has 0 fully saturated rings. The molecule has 2 atom stereocenters. The number of hydrogen-bond donors (Lipinski definition) is 0. The summed E-state index contributed by atoms with van der Waals surface area (Å²) < 4.78 is 0. The summed E-state index contributed by atoms with van der Waals surface area (Å²) in [5, 5.41) is 0. The van der Waals surface area contributed by atoms with Gasteiger partial charge in [-0.25, -0.2) is 0 Å². The zero-order valence-corrected chi connectivity index (χ0v) is 11.7. The molecule has 0 aromatic rings. The zero-order valence-electron chi connectivity index (χ0n) is 4.46. The van der Waals surface area contributed by atoms with Gasteiger partial charge in [0.05, 0.1) is 0 Å². The van der Waals surface area contributed by atoms with Gasteiger partial charge in [-0.05, 0) is 0 Å². The summed E-state index contributed by atoms with van der Waals surface area (Å²) in [4.78, 5) is 0. The predicted octanol–water partition coefficient (Wildman–Crippen LogP) is -1.01. The molecule has 0 saturated carbocycles. The molecule has 0 spiro atoms. The van der Waals surface area contributed by atoms with Gasteiger partial charge in [-0.3, -0.25) is 0 Å². The van der Waals surface area contributed by atoms with Crippen LogP contribution in [0.15, 0.2) is 0 Å². The average Bonchev–Trinajstić information content (AvgIpc) is 0. The van der Waals surface area contributed by atoms with Crippen molar-refractivity contribution in [2.45, 2.75) is 0 Å². The van der Waals surface area contributed by atoms with Crippen molar-refractivity contribution in [3.05, 3.63) is 0 Å². The van der Waals surface area contributed by atoms with Gasteiger partial charge in [-0.1, -0.05) is 0 Å². The van der Waals surface area contributed by atoms with Crippen LogP contribution in [-0.4, -0.2) is 34.7 Å². The molecule has 0 aliphatic heterocycles. The van der Waals surface area contributed by atoms with Crippen LogP contribution in [0.2, 0.25) is 0 Å². The SMILES string of the molecule is P.P.[Al+3].[Al+3].[Co].[Co].[O-2].[O-2].[O-2]. The molecule has 0 N–H and O–H groups in total. The Bertz CT molecular complexity index is 17.8. The van der Waals surface area contributed by atoms with Gasteiger partial charge in [0.15, 0.2) is 0 Å². The van der Waals surface area contributed by atoms with Gasteiger partial charge in [0, 0.05) is 33.6 Å². The van der Waals surface area contributed by atoms with Crippen LogP contribution in [-0.2, 0) is 50.0 Å². The molecule has 0 bridgehead atoms. The molecule has 0 aliphatic rings. The number of rotatable bonds is 0. The first-order valence-electron chi connectivity index (χ1n) is 0. The van der Waals surface area contributed by atoms with E-state index in [2.05, 4.69) is 0 Å². The van der Waals surface area contributed by atoms with E-state index in [9.17, 15) is 0 Å². The van der Waals surface area contributed by atoms with Crippen LogP contribution in [0.1, 0.15) is 0 Å². The van der Waals surface area contributed by atoms with Gasteiger partial charge in [0.1, 0.15) is 0 Å². The largest absolute Gasteiger partial charge is 3.00 e. The first kappa shape index (κ1) is 174. The van der Waals surface area contributed by atoms with Gasteiger partial charge >= 0.3 is 34.7 Å². The van der Waals surface area contributed by atoms with Crippen molar-refractivity contribution < 1.29 is 50.0 Å². The molecule has 0 amide bonds. The Hall–Kier alpha value is 2.82. The van der Waals surface area contributed by atoms with Crippen molar-refractivity contribution in [3.63, 3.8) is 0 Å². The Morgan fingerprint density at radius 3 is 0.444 bits per heavy atom. The third-order valence-electron chi connectivity index (χ3n) is 0. The van der Waals surface area contributed by atoms with E-state index in [4.69, 9.17) is 0 Å². The molecule has 9 heteroatoms. The second-order valence-corrected chi connectivity index (χ2v) is 0. The van der Waals surface area contributed by atoms with Gasteiger partial charge < -0.3 is 16.4 Å². The van der Waals surface area contributed by atoms with Crippen LogP contribution in [0.4, 0.5) is 0 Å². The van der Waals surface area contributed by atoms with E-state index < -0.39 is 0 Å². The summed E-state index contributed by atoms with van der Waals surface area (Å²) in [5.74, 6) is 0. The molecule has 0 heterocycles. The maximum absolute atomic E-state index is 0. The van der Waals surface area contributed by atoms with Gasteiger partial charge in [0.25, 0.3) is 0 Å². The molecule has 0 saturated heterocycles. The molecular formula is H6Al2Co2O3P2. The Balaban J connectivity index is 0. The van der Waals surface area contributed by atoms with Crippen LogP contribution < -0.4 is 0 Å². The minimum atomic E-state index is 0. The maximum Gasteiger partial charge on any atom is 3.00 e. The molecule has 2 radical (unpaired) electrons. The van der Waals surface area contributed by atoms with Crippen LogP contribution in [0.5, 0.6) is 0 Å². The zero-order chi connectivity index (χ0) is 0. The summed E-state index contributed by atoms with van der Waals surface area (Å²) in [6.07, 6.45) is 0. The minimum Gasteiger partial charge on any atom is -2.00 e. The fourth-order valence-corrected chi connectivity index (χ4v) is 0. The molecular weight excluding hydrogens is 282 g/mol. The van der Waals surface area contributed by atoms with Crippen LogP contribution >= 0.6 is 19.8 Å². The Morgan fingerprint density at radius 1 is 0.444 bits per heavy atom. The summed E-state index contributed by atoms with van der Waals surface area (Å²) in [7, 11) is 0. The molecule has 0 aliphatic carbocycles. The van der Waals surface area contributed by atoms with Crippen molar-refractivity contribution in [1.29, 1.82) is 0 Å².